The largest absolute Gasteiger partial charge is 0.478 e. The van der Waals surface area contributed by atoms with Crippen LogP contribution in [0.1, 0.15) is 36.7 Å². The van der Waals surface area contributed by atoms with Gasteiger partial charge in [0, 0.05) is 17.6 Å². The minimum absolute atomic E-state index is 0.108. The monoisotopic (exact) mass is 455 g/mol. The Labute approximate surface area is 178 Å². The number of nitrogens with zero attached hydrogens (tertiary/aromatic N) is 3. The van der Waals surface area contributed by atoms with Crippen LogP contribution in [0.15, 0.2) is 57.6 Å². The summed E-state index contributed by atoms with van der Waals surface area (Å²) in [5, 5.41) is 14.8. The number of hydrogen-bond donors (Lipinski definition) is 1. The summed E-state index contributed by atoms with van der Waals surface area (Å²) in [5.41, 5.74) is 3.58. The number of anilines is 2. The first-order chi connectivity index (χ1) is 13.8. The van der Waals surface area contributed by atoms with Gasteiger partial charge in [0.05, 0.1) is 28.2 Å². The summed E-state index contributed by atoms with van der Waals surface area (Å²) in [4.78, 5) is 26.4. The van der Waals surface area contributed by atoms with Gasteiger partial charge in [-0.05, 0) is 78.7 Å². The summed E-state index contributed by atoms with van der Waals surface area (Å²) in [5.74, 6) is -1.33. The molecule has 2 aromatic carbocycles. The fourth-order valence-corrected chi connectivity index (χ4v) is 3.88. The Morgan fingerprint density at radius 2 is 1.93 bits per heavy atom. The normalized spacial score (nSPS) is 15.0. The lowest BCUT2D eigenvalue weighted by atomic mass is 10.1. The molecule has 0 aliphatic carbocycles. The molecule has 150 valence electrons. The van der Waals surface area contributed by atoms with Crippen molar-refractivity contribution in [1.82, 2.24) is 0 Å². The highest BCUT2D eigenvalue weighted by molar-refractivity contribution is 9.10. The van der Waals surface area contributed by atoms with Crippen molar-refractivity contribution in [3.8, 4) is 0 Å². The van der Waals surface area contributed by atoms with E-state index in [-0.39, 0.29) is 11.5 Å². The lowest BCUT2D eigenvalue weighted by molar-refractivity contribution is -0.114. The Hall–Kier alpha value is -2.93. The fraction of sp³-hybridized carbons (Fsp3) is 0.227. The summed E-state index contributed by atoms with van der Waals surface area (Å²) in [7, 11) is 0. The predicted octanol–water partition coefficient (Wildman–Crippen LogP) is 4.80. The molecule has 1 heterocycles. The molecule has 3 rings (SSSR count). The number of carboxylic acid groups (broad SMARTS) is 1. The Balaban J connectivity index is 1.91. The number of amides is 1. The van der Waals surface area contributed by atoms with E-state index >= 15 is 0 Å². The van der Waals surface area contributed by atoms with E-state index in [4.69, 9.17) is 0 Å². The van der Waals surface area contributed by atoms with Gasteiger partial charge in [0.1, 0.15) is 0 Å². The smallest absolute Gasteiger partial charge is 0.335 e. The van der Waals surface area contributed by atoms with Crippen LogP contribution >= 0.6 is 15.9 Å². The predicted molar refractivity (Wildman–Crippen MR) is 120 cm³/mol. The maximum Gasteiger partial charge on any atom is 0.335 e. The third-order valence-corrected chi connectivity index (χ3v) is 5.42. The van der Waals surface area contributed by atoms with Crippen LogP contribution in [0, 0.1) is 0 Å². The van der Waals surface area contributed by atoms with Crippen LogP contribution in [0.25, 0.3) is 6.08 Å². The number of aromatic carboxylic acids is 1. The maximum atomic E-state index is 12.9. The molecule has 1 N–H and O–H groups in total. The number of carbonyl (C=O) groups excluding carboxylic acids is 1. The van der Waals surface area contributed by atoms with Crippen molar-refractivity contribution >= 4 is 51.0 Å². The second kappa shape index (κ2) is 8.61. The maximum absolute atomic E-state index is 12.9. The van der Waals surface area contributed by atoms with Crippen molar-refractivity contribution in [3.05, 3.63) is 63.6 Å². The molecule has 6 nitrogen and oxygen atoms in total. The number of hydrazone groups is 1. The molecule has 0 atom stereocenters. The molecule has 0 unspecified atom stereocenters. The molecular weight excluding hydrogens is 434 g/mol. The van der Waals surface area contributed by atoms with Crippen LogP contribution in [0.4, 0.5) is 11.4 Å². The molecule has 1 aliphatic rings. The van der Waals surface area contributed by atoms with Gasteiger partial charge in [-0.1, -0.05) is 12.1 Å². The van der Waals surface area contributed by atoms with Gasteiger partial charge >= 0.3 is 5.97 Å². The van der Waals surface area contributed by atoms with Gasteiger partial charge in [0.25, 0.3) is 5.91 Å². The quantitative estimate of drug-likeness (QED) is 0.634. The average molecular weight is 456 g/mol. The number of rotatable bonds is 6. The van der Waals surface area contributed by atoms with E-state index in [0.717, 1.165) is 28.8 Å². The number of benzene rings is 2. The topological polar surface area (TPSA) is 73.2 Å². The molecule has 2 aromatic rings. The van der Waals surface area contributed by atoms with E-state index in [1.165, 1.54) is 17.1 Å². The third kappa shape index (κ3) is 4.24. The Bertz CT molecular complexity index is 1030. The van der Waals surface area contributed by atoms with Crippen molar-refractivity contribution in [2.45, 2.75) is 20.8 Å². The van der Waals surface area contributed by atoms with Crippen LogP contribution in [-0.4, -0.2) is 35.8 Å². The lowest BCUT2D eigenvalue weighted by Gasteiger charge is -2.22. The second-order valence-electron chi connectivity index (χ2n) is 6.60. The zero-order valence-electron chi connectivity index (χ0n) is 16.5. The molecule has 0 saturated heterocycles. The van der Waals surface area contributed by atoms with E-state index in [9.17, 15) is 14.7 Å². The van der Waals surface area contributed by atoms with Crippen LogP contribution < -0.4 is 9.91 Å². The van der Waals surface area contributed by atoms with Gasteiger partial charge < -0.3 is 10.0 Å². The summed E-state index contributed by atoms with van der Waals surface area (Å²) >= 11 is 3.63. The molecule has 7 heteroatoms. The minimum Gasteiger partial charge on any atom is -0.478 e. The van der Waals surface area contributed by atoms with E-state index < -0.39 is 5.97 Å². The summed E-state index contributed by atoms with van der Waals surface area (Å²) in [6.07, 6.45) is 1.80. The third-order valence-electron chi connectivity index (χ3n) is 4.79. The number of halogens is 1. The SMILES string of the molecule is CCN(CC)c1ccc(C=C2C(=O)N(c3cccc(C(=O)O)c3)N=C2C)cc1Br. The zero-order chi connectivity index (χ0) is 21.1. The van der Waals surface area contributed by atoms with E-state index in [0.29, 0.717) is 17.0 Å². The van der Waals surface area contributed by atoms with Crippen LogP contribution in [0.2, 0.25) is 0 Å². The molecule has 0 bridgehead atoms. The minimum atomic E-state index is -1.05. The highest BCUT2D eigenvalue weighted by atomic mass is 79.9. The van der Waals surface area contributed by atoms with Crippen LogP contribution in [0.3, 0.4) is 0 Å². The molecule has 0 fully saturated rings. The Kier molecular flexibility index (Phi) is 6.17. The standard InChI is InChI=1S/C22H22BrN3O3/c1-4-25(5-2)20-10-9-15(12-19(20)23)11-18-14(3)24-26(21(18)27)17-8-6-7-16(13-17)22(28)29/h6-13H,4-5H2,1-3H3,(H,28,29). The first-order valence-electron chi connectivity index (χ1n) is 9.35. The molecule has 1 aliphatic heterocycles. The average Bonchev–Trinajstić information content (AvgIpc) is 2.98. The van der Waals surface area contributed by atoms with Crippen molar-refractivity contribution in [1.29, 1.82) is 0 Å². The van der Waals surface area contributed by atoms with Gasteiger partial charge in [-0.25, -0.2) is 4.79 Å². The van der Waals surface area contributed by atoms with E-state index in [1.54, 1.807) is 25.1 Å². The first-order valence-corrected chi connectivity index (χ1v) is 10.1. The Morgan fingerprint density at radius 3 is 2.55 bits per heavy atom. The fourth-order valence-electron chi connectivity index (χ4n) is 3.23. The molecule has 0 saturated carbocycles. The molecule has 0 radical (unpaired) electrons. The summed E-state index contributed by atoms with van der Waals surface area (Å²) in [6.45, 7) is 7.80. The van der Waals surface area contributed by atoms with E-state index in [2.05, 4.69) is 39.8 Å². The molecular formula is C22H22BrN3O3. The second-order valence-corrected chi connectivity index (χ2v) is 7.45. The highest BCUT2D eigenvalue weighted by Gasteiger charge is 2.29. The van der Waals surface area contributed by atoms with Crippen LogP contribution in [0.5, 0.6) is 0 Å². The highest BCUT2D eigenvalue weighted by Crippen LogP contribution is 2.30. The molecule has 0 spiro atoms. The van der Waals surface area contributed by atoms with Crippen molar-refractivity contribution in [3.63, 3.8) is 0 Å². The van der Waals surface area contributed by atoms with E-state index in [1.807, 2.05) is 18.2 Å². The van der Waals surface area contributed by atoms with Crippen molar-refractivity contribution < 1.29 is 14.7 Å². The Morgan fingerprint density at radius 1 is 1.21 bits per heavy atom. The van der Waals surface area contributed by atoms with Gasteiger partial charge in [-0.2, -0.15) is 10.1 Å². The number of hydrogen-bond acceptors (Lipinski definition) is 4. The van der Waals surface area contributed by atoms with Crippen molar-refractivity contribution in [2.24, 2.45) is 5.10 Å². The number of carboxylic acids is 1. The molecule has 29 heavy (non-hydrogen) atoms. The van der Waals surface area contributed by atoms with Gasteiger partial charge in [-0.15, -0.1) is 0 Å². The molecule has 0 aromatic heterocycles. The van der Waals surface area contributed by atoms with Gasteiger partial charge in [-0.3, -0.25) is 4.79 Å². The van der Waals surface area contributed by atoms with Crippen LogP contribution in [-0.2, 0) is 4.79 Å². The lowest BCUT2D eigenvalue weighted by Crippen LogP contribution is -2.22. The van der Waals surface area contributed by atoms with Crippen molar-refractivity contribution in [2.75, 3.05) is 23.0 Å². The first kappa shape index (κ1) is 20.8. The van der Waals surface area contributed by atoms with Gasteiger partial charge in [0.15, 0.2) is 0 Å². The zero-order valence-corrected chi connectivity index (χ0v) is 18.1. The number of carbonyl (C=O) groups is 2. The molecule has 1 amide bonds. The summed E-state index contributed by atoms with van der Waals surface area (Å²) < 4.78 is 0.960. The summed E-state index contributed by atoms with van der Waals surface area (Å²) in [6, 6.07) is 12.2. The van der Waals surface area contributed by atoms with Gasteiger partial charge in [0.2, 0.25) is 0 Å².